The van der Waals surface area contributed by atoms with Crippen molar-refractivity contribution in [3.63, 3.8) is 0 Å². The maximum absolute atomic E-state index is 11.0. The maximum Gasteiger partial charge on any atom is 1.00 e. The quantitative estimate of drug-likeness (QED) is 0.203. The third kappa shape index (κ3) is 34.2. The van der Waals surface area contributed by atoms with E-state index in [1.807, 2.05) is 0 Å². The van der Waals surface area contributed by atoms with Gasteiger partial charge in [0.1, 0.15) is 0 Å². The van der Waals surface area contributed by atoms with Gasteiger partial charge in [0.25, 0.3) is 10.1 Å². The molecule has 0 aliphatic heterocycles. The van der Waals surface area contributed by atoms with Crippen LogP contribution in [0, 0.1) is 0 Å². The van der Waals surface area contributed by atoms with Crippen molar-refractivity contribution in [2.24, 2.45) is 0 Å². The molecule has 0 aliphatic carbocycles. The molecule has 0 aromatic rings. The average Bonchev–Trinajstić information content (AvgIpc) is 2.43. The van der Waals surface area contributed by atoms with Gasteiger partial charge in [0.15, 0.2) is 0 Å². The summed E-state index contributed by atoms with van der Waals surface area (Å²) < 4.78 is 58.5. The van der Waals surface area contributed by atoms with E-state index < -0.39 is 20.5 Å². The molecule has 0 radical (unpaired) electrons. The second-order valence-corrected chi connectivity index (χ2v) is 8.12. The van der Waals surface area contributed by atoms with Gasteiger partial charge < -0.3 is 1.43 Å². The van der Waals surface area contributed by atoms with E-state index in [2.05, 4.69) is 6.92 Å². The Morgan fingerprint density at radius 1 is 0.750 bits per heavy atom. The van der Waals surface area contributed by atoms with Crippen molar-refractivity contribution in [3.05, 3.63) is 0 Å². The molecule has 0 bridgehead atoms. The third-order valence-electron chi connectivity index (χ3n) is 3.11. The van der Waals surface area contributed by atoms with Gasteiger partial charge in [0.05, 0.1) is 12.4 Å². The smallest absolute Gasteiger partial charge is 1.00 e. The summed E-state index contributed by atoms with van der Waals surface area (Å²) in [5, 5.41) is 0. The fourth-order valence-electron chi connectivity index (χ4n) is 1.86. The first kappa shape index (κ1) is 29.5. The van der Waals surface area contributed by atoms with Crippen LogP contribution in [0.25, 0.3) is 0 Å². The first-order valence-corrected chi connectivity index (χ1v) is 11.2. The molecule has 0 spiro atoms. The van der Waals surface area contributed by atoms with Gasteiger partial charge in [-0.25, -0.2) is 0 Å². The molecule has 0 heterocycles. The van der Waals surface area contributed by atoms with E-state index in [0.717, 1.165) is 12.8 Å². The molecule has 7 nitrogen and oxygen atoms in total. The first-order chi connectivity index (χ1) is 10.6. The molecule has 0 amide bonds. The molecule has 2 N–H and O–H groups in total. The molecular weight excluding hydrogens is 367 g/mol. The van der Waals surface area contributed by atoms with Crippen LogP contribution in [0.3, 0.4) is 0 Å². The van der Waals surface area contributed by atoms with Crippen LogP contribution in [0.15, 0.2) is 0 Å². The minimum atomic E-state index is -4.67. The number of hydrogen-bond donors (Lipinski definition) is 2. The monoisotopic (exact) mass is 400 g/mol. The van der Waals surface area contributed by atoms with Crippen LogP contribution in [-0.4, -0.2) is 38.3 Å². The topological polar surface area (TPSA) is 118 Å². The molecule has 10 heteroatoms. The molecule has 0 atom stereocenters. The van der Waals surface area contributed by atoms with Crippen LogP contribution in [0.4, 0.5) is 0 Å². The Kier molecular flexibility index (Phi) is 22.9. The van der Waals surface area contributed by atoms with Gasteiger partial charge in [0, 0.05) is 0 Å². The van der Waals surface area contributed by atoms with E-state index in [1.165, 1.54) is 51.4 Å². The van der Waals surface area contributed by atoms with Crippen LogP contribution < -0.4 is 29.6 Å². The molecular formula is C14H33NaO7S2. The second kappa shape index (κ2) is 18.6. The van der Waals surface area contributed by atoms with Crippen LogP contribution in [-0.2, 0) is 24.7 Å². The van der Waals surface area contributed by atoms with Crippen molar-refractivity contribution >= 4 is 20.5 Å². The Balaban J connectivity index is -0.000000276. The fraction of sp³-hybridized carbons (Fsp3) is 1.00. The SMILES string of the molecule is CCCCCCCCCCCCOS(=O)(=O)CC.O=S(=O)(O)O.[H-].[Na+]. The van der Waals surface area contributed by atoms with E-state index >= 15 is 0 Å². The second-order valence-electron chi connectivity index (χ2n) is 5.30. The van der Waals surface area contributed by atoms with Gasteiger partial charge in [-0.2, -0.15) is 16.8 Å². The summed E-state index contributed by atoms with van der Waals surface area (Å²) in [6, 6.07) is 0. The van der Waals surface area contributed by atoms with Crippen molar-refractivity contribution in [1.82, 2.24) is 0 Å². The summed E-state index contributed by atoms with van der Waals surface area (Å²) >= 11 is 0. The summed E-state index contributed by atoms with van der Waals surface area (Å²) in [7, 11) is -7.90. The van der Waals surface area contributed by atoms with Crippen molar-refractivity contribution in [1.29, 1.82) is 0 Å². The van der Waals surface area contributed by atoms with Crippen molar-refractivity contribution < 1.29 is 61.1 Å². The normalized spacial score (nSPS) is 11.3. The Hall–Kier alpha value is 0.780. The third-order valence-corrected chi connectivity index (χ3v) is 4.35. The number of hydrogen-bond acceptors (Lipinski definition) is 5. The summed E-state index contributed by atoms with van der Waals surface area (Å²) in [5.74, 6) is 0.0742. The van der Waals surface area contributed by atoms with Crippen LogP contribution >= 0.6 is 0 Å². The largest absolute Gasteiger partial charge is 1.00 e. The fourth-order valence-corrected chi connectivity index (χ4v) is 2.40. The van der Waals surface area contributed by atoms with Crippen LogP contribution in [0.5, 0.6) is 0 Å². The molecule has 0 fully saturated rings. The van der Waals surface area contributed by atoms with E-state index in [9.17, 15) is 8.42 Å². The standard InChI is InChI=1S/C14H30O3S.Na.H2O4S.H/c1-3-5-6-7-8-9-10-11-12-13-14-17-18(15,16)4-2;;1-5(2,3)4;/h3-14H2,1-2H3;;(H2,1,2,3,4);/q;+1;;-1. The minimum absolute atomic E-state index is 0. The Labute approximate surface area is 171 Å². The van der Waals surface area contributed by atoms with Crippen molar-refractivity contribution in [2.45, 2.75) is 78.1 Å². The van der Waals surface area contributed by atoms with E-state index in [4.69, 9.17) is 21.7 Å². The summed E-state index contributed by atoms with van der Waals surface area (Å²) in [6.07, 6.45) is 12.5. The molecule has 24 heavy (non-hydrogen) atoms. The van der Waals surface area contributed by atoms with Gasteiger partial charge in [-0.3, -0.25) is 13.3 Å². The zero-order valence-electron chi connectivity index (χ0n) is 16.2. The Morgan fingerprint density at radius 3 is 1.42 bits per heavy atom. The van der Waals surface area contributed by atoms with E-state index in [-0.39, 0.29) is 36.7 Å². The minimum Gasteiger partial charge on any atom is -1.00 e. The predicted octanol–water partition coefficient (Wildman–Crippen LogP) is 0.737. The average molecular weight is 401 g/mol. The first-order valence-electron chi connectivity index (χ1n) is 8.19. The molecule has 0 saturated carbocycles. The van der Waals surface area contributed by atoms with Crippen molar-refractivity contribution in [2.75, 3.05) is 12.4 Å². The molecule has 0 aromatic carbocycles. The maximum atomic E-state index is 11.0. The summed E-state index contributed by atoms with van der Waals surface area (Å²) in [6.45, 7) is 4.20. The molecule has 0 rings (SSSR count). The summed E-state index contributed by atoms with van der Waals surface area (Å²) in [4.78, 5) is 0. The Morgan fingerprint density at radius 2 is 1.08 bits per heavy atom. The number of unbranched alkanes of at least 4 members (excludes halogenated alkanes) is 9. The van der Waals surface area contributed by atoms with Crippen molar-refractivity contribution in [3.8, 4) is 0 Å². The summed E-state index contributed by atoms with van der Waals surface area (Å²) in [5.41, 5.74) is 0. The van der Waals surface area contributed by atoms with E-state index in [1.54, 1.807) is 6.92 Å². The van der Waals surface area contributed by atoms with Gasteiger partial charge in [-0.05, 0) is 13.3 Å². The van der Waals surface area contributed by atoms with Gasteiger partial charge in [-0.1, -0.05) is 64.7 Å². The molecule has 144 valence electrons. The zero-order chi connectivity index (χ0) is 18.2. The van der Waals surface area contributed by atoms with Crippen LogP contribution in [0.2, 0.25) is 0 Å². The molecule has 0 aliphatic rings. The van der Waals surface area contributed by atoms with Gasteiger partial charge >= 0.3 is 40.0 Å². The molecule has 0 unspecified atom stereocenters. The van der Waals surface area contributed by atoms with Gasteiger partial charge in [-0.15, -0.1) is 0 Å². The predicted molar refractivity (Wildman–Crippen MR) is 92.5 cm³/mol. The van der Waals surface area contributed by atoms with E-state index in [0.29, 0.717) is 6.61 Å². The molecule has 0 aromatic heterocycles. The molecule has 0 saturated heterocycles. The van der Waals surface area contributed by atoms with Gasteiger partial charge in [0.2, 0.25) is 0 Å². The van der Waals surface area contributed by atoms with Crippen LogP contribution in [0.1, 0.15) is 79.5 Å². The number of rotatable bonds is 13. The Bertz CT molecular complexity index is 448. The zero-order valence-corrected chi connectivity index (χ0v) is 18.9.